The van der Waals surface area contributed by atoms with Crippen LogP contribution in [0.5, 0.6) is 11.5 Å². The normalized spacial score (nSPS) is 17.6. The van der Waals surface area contributed by atoms with Gasteiger partial charge in [0, 0.05) is 12.6 Å². The van der Waals surface area contributed by atoms with Crippen molar-refractivity contribution < 1.29 is 9.47 Å². The van der Waals surface area contributed by atoms with Crippen LogP contribution in [-0.2, 0) is 0 Å². The molecule has 0 bridgehead atoms. The van der Waals surface area contributed by atoms with Crippen LogP contribution in [0, 0.1) is 5.92 Å². The van der Waals surface area contributed by atoms with Gasteiger partial charge in [-0.1, -0.05) is 12.1 Å². The third-order valence-electron chi connectivity index (χ3n) is 4.19. The van der Waals surface area contributed by atoms with E-state index >= 15 is 0 Å². The Kier molecular flexibility index (Phi) is 8.61. The van der Waals surface area contributed by atoms with Crippen molar-refractivity contribution in [1.82, 2.24) is 4.90 Å². The van der Waals surface area contributed by atoms with Gasteiger partial charge in [0.2, 0.25) is 0 Å². The third-order valence-corrected chi connectivity index (χ3v) is 4.19. The highest BCUT2D eigenvalue weighted by molar-refractivity contribution is 5.85. The van der Waals surface area contributed by atoms with Crippen molar-refractivity contribution >= 4 is 12.4 Å². The summed E-state index contributed by atoms with van der Waals surface area (Å²) in [5.74, 6) is 2.35. The van der Waals surface area contributed by atoms with E-state index in [0.717, 1.165) is 31.1 Å². The Morgan fingerprint density at radius 1 is 1.18 bits per heavy atom. The molecular formula is C17H29ClN2O2. The molecule has 1 heterocycles. The Labute approximate surface area is 140 Å². The van der Waals surface area contributed by atoms with Gasteiger partial charge >= 0.3 is 0 Å². The Hall–Kier alpha value is -0.970. The van der Waals surface area contributed by atoms with Crippen LogP contribution in [0.4, 0.5) is 0 Å². The number of hydrogen-bond donors (Lipinski definition) is 1. The maximum atomic E-state index is 5.98. The standard InChI is InChI=1S/C17H28N2O2.ClH/c1-3-20-16-6-4-5-7-17(16)21-13-12-19-10-8-15(9-11-19)14(2)18;/h4-7,14-15H,3,8-13,18H2,1-2H3;1H. The summed E-state index contributed by atoms with van der Waals surface area (Å²) in [6, 6.07) is 8.18. The van der Waals surface area contributed by atoms with Crippen molar-refractivity contribution in [3.63, 3.8) is 0 Å². The Bertz CT molecular complexity index is 421. The van der Waals surface area contributed by atoms with Crippen molar-refractivity contribution in [2.45, 2.75) is 32.7 Å². The Morgan fingerprint density at radius 3 is 2.32 bits per heavy atom. The summed E-state index contributed by atoms with van der Waals surface area (Å²) >= 11 is 0. The molecule has 1 atom stereocenters. The molecule has 0 aliphatic carbocycles. The Morgan fingerprint density at radius 2 is 1.77 bits per heavy atom. The van der Waals surface area contributed by atoms with Crippen molar-refractivity contribution in [2.75, 3.05) is 32.8 Å². The summed E-state index contributed by atoms with van der Waals surface area (Å²) < 4.78 is 11.4. The van der Waals surface area contributed by atoms with Crippen molar-refractivity contribution in [2.24, 2.45) is 11.7 Å². The van der Waals surface area contributed by atoms with Crippen LogP contribution in [0.2, 0.25) is 0 Å². The fourth-order valence-electron chi connectivity index (χ4n) is 2.83. The van der Waals surface area contributed by atoms with Gasteiger partial charge in [0.25, 0.3) is 0 Å². The van der Waals surface area contributed by atoms with Gasteiger partial charge in [-0.2, -0.15) is 0 Å². The van der Waals surface area contributed by atoms with Gasteiger partial charge in [0.05, 0.1) is 6.61 Å². The molecule has 1 aromatic rings. The molecule has 2 rings (SSSR count). The zero-order chi connectivity index (χ0) is 15.1. The summed E-state index contributed by atoms with van der Waals surface area (Å²) in [6.07, 6.45) is 2.40. The minimum atomic E-state index is 0. The molecule has 1 aliphatic rings. The first-order valence-corrected chi connectivity index (χ1v) is 8.03. The van der Waals surface area contributed by atoms with E-state index in [-0.39, 0.29) is 12.4 Å². The number of likely N-dealkylation sites (tertiary alicyclic amines) is 1. The second kappa shape index (κ2) is 9.93. The highest BCUT2D eigenvalue weighted by atomic mass is 35.5. The first-order chi connectivity index (χ1) is 10.2. The largest absolute Gasteiger partial charge is 0.490 e. The van der Waals surface area contributed by atoms with Crippen LogP contribution in [0.3, 0.4) is 0 Å². The molecule has 0 spiro atoms. The molecule has 0 saturated carbocycles. The van der Waals surface area contributed by atoms with E-state index < -0.39 is 0 Å². The van der Waals surface area contributed by atoms with Crippen LogP contribution >= 0.6 is 12.4 Å². The lowest BCUT2D eigenvalue weighted by atomic mass is 9.91. The average molecular weight is 329 g/mol. The number of rotatable bonds is 7. The van der Waals surface area contributed by atoms with Crippen LogP contribution in [0.25, 0.3) is 0 Å². The Balaban J connectivity index is 0.00000242. The topological polar surface area (TPSA) is 47.7 Å². The summed E-state index contributed by atoms with van der Waals surface area (Å²) in [6.45, 7) is 8.68. The quantitative estimate of drug-likeness (QED) is 0.836. The highest BCUT2D eigenvalue weighted by Gasteiger charge is 2.21. The zero-order valence-electron chi connectivity index (χ0n) is 13.7. The first-order valence-electron chi connectivity index (χ1n) is 8.03. The van der Waals surface area contributed by atoms with E-state index in [9.17, 15) is 0 Å². The smallest absolute Gasteiger partial charge is 0.161 e. The predicted molar refractivity (Wildman–Crippen MR) is 93.2 cm³/mol. The van der Waals surface area contributed by atoms with E-state index in [4.69, 9.17) is 15.2 Å². The number of benzene rings is 1. The molecule has 1 saturated heterocycles. The molecule has 0 aromatic heterocycles. The molecule has 1 fully saturated rings. The SMILES string of the molecule is CCOc1ccccc1OCCN1CCC(C(C)N)CC1.Cl. The number of piperidine rings is 1. The molecule has 0 radical (unpaired) electrons. The predicted octanol–water partition coefficient (Wildman–Crippen LogP) is 2.95. The molecule has 5 heteroatoms. The lowest BCUT2D eigenvalue weighted by molar-refractivity contribution is 0.145. The average Bonchev–Trinajstić information content (AvgIpc) is 2.50. The zero-order valence-corrected chi connectivity index (χ0v) is 14.5. The molecular weight excluding hydrogens is 300 g/mol. The maximum absolute atomic E-state index is 5.98. The van der Waals surface area contributed by atoms with Crippen LogP contribution in [0.1, 0.15) is 26.7 Å². The fourth-order valence-corrected chi connectivity index (χ4v) is 2.83. The van der Waals surface area contributed by atoms with Gasteiger partial charge in [-0.3, -0.25) is 4.90 Å². The molecule has 1 aliphatic heterocycles. The van der Waals surface area contributed by atoms with Gasteiger partial charge in [0.15, 0.2) is 11.5 Å². The number of hydrogen-bond acceptors (Lipinski definition) is 4. The molecule has 0 amide bonds. The van der Waals surface area contributed by atoms with Gasteiger partial charge < -0.3 is 15.2 Å². The van der Waals surface area contributed by atoms with Crippen LogP contribution < -0.4 is 15.2 Å². The van der Waals surface area contributed by atoms with Gasteiger partial charge in [0.1, 0.15) is 6.61 Å². The van der Waals surface area contributed by atoms with Crippen molar-refractivity contribution in [1.29, 1.82) is 0 Å². The van der Waals surface area contributed by atoms with Gasteiger partial charge in [-0.25, -0.2) is 0 Å². The summed E-state index contributed by atoms with van der Waals surface area (Å²) in [5, 5.41) is 0. The molecule has 1 aromatic carbocycles. The second-order valence-electron chi connectivity index (χ2n) is 5.77. The van der Waals surface area contributed by atoms with E-state index in [1.807, 2.05) is 31.2 Å². The summed E-state index contributed by atoms with van der Waals surface area (Å²) in [7, 11) is 0. The minimum Gasteiger partial charge on any atom is -0.490 e. The van der Waals surface area contributed by atoms with Gasteiger partial charge in [-0.15, -0.1) is 12.4 Å². The second-order valence-corrected chi connectivity index (χ2v) is 5.77. The van der Waals surface area contributed by atoms with E-state index in [1.165, 1.54) is 12.8 Å². The fraction of sp³-hybridized carbons (Fsp3) is 0.647. The van der Waals surface area contributed by atoms with E-state index in [0.29, 0.717) is 25.2 Å². The van der Waals surface area contributed by atoms with Crippen molar-refractivity contribution in [3.05, 3.63) is 24.3 Å². The monoisotopic (exact) mass is 328 g/mol. The molecule has 2 N–H and O–H groups in total. The minimum absolute atomic E-state index is 0. The maximum Gasteiger partial charge on any atom is 0.161 e. The number of nitrogens with zero attached hydrogens (tertiary/aromatic N) is 1. The van der Waals surface area contributed by atoms with Gasteiger partial charge in [-0.05, 0) is 57.8 Å². The first kappa shape index (κ1) is 19.1. The van der Waals surface area contributed by atoms with Crippen LogP contribution in [0.15, 0.2) is 24.3 Å². The van der Waals surface area contributed by atoms with E-state index in [2.05, 4.69) is 11.8 Å². The molecule has 126 valence electrons. The molecule has 22 heavy (non-hydrogen) atoms. The molecule has 4 nitrogen and oxygen atoms in total. The summed E-state index contributed by atoms with van der Waals surface area (Å²) in [4.78, 5) is 2.46. The number of nitrogens with two attached hydrogens (primary N) is 1. The number of para-hydroxylation sites is 2. The lowest BCUT2D eigenvalue weighted by Gasteiger charge is -2.33. The summed E-state index contributed by atoms with van der Waals surface area (Å²) in [5.41, 5.74) is 5.98. The number of halogens is 1. The highest BCUT2D eigenvalue weighted by Crippen LogP contribution is 2.26. The van der Waals surface area contributed by atoms with Crippen LogP contribution in [-0.4, -0.2) is 43.8 Å². The van der Waals surface area contributed by atoms with E-state index in [1.54, 1.807) is 0 Å². The van der Waals surface area contributed by atoms with Crippen molar-refractivity contribution in [3.8, 4) is 11.5 Å². The number of ether oxygens (including phenoxy) is 2. The third kappa shape index (κ3) is 5.67. The lowest BCUT2D eigenvalue weighted by Crippen LogP contribution is -2.41. The molecule has 1 unspecified atom stereocenters.